The SMILES string of the molecule is CNC(C)(CCN(C)CC1CCCO1)C(N)=O. The Hall–Kier alpha value is -0.650. The van der Waals surface area contributed by atoms with Crippen molar-refractivity contribution in [3.63, 3.8) is 0 Å². The Balaban J connectivity index is 2.30. The standard InChI is InChI=1S/C12H25N3O2/c1-12(14-2,11(13)16)6-7-15(3)9-10-5-4-8-17-10/h10,14H,4-9H2,1-3H3,(H2,13,16). The number of carbonyl (C=O) groups is 1. The number of ether oxygens (including phenoxy) is 1. The molecule has 0 aromatic carbocycles. The van der Waals surface area contributed by atoms with Crippen molar-refractivity contribution in [1.29, 1.82) is 0 Å². The smallest absolute Gasteiger partial charge is 0.237 e. The van der Waals surface area contributed by atoms with Crippen molar-refractivity contribution < 1.29 is 9.53 Å². The fraction of sp³-hybridized carbons (Fsp3) is 0.917. The molecule has 0 aromatic rings. The summed E-state index contributed by atoms with van der Waals surface area (Å²) in [7, 11) is 3.82. The lowest BCUT2D eigenvalue weighted by Crippen LogP contribution is -2.53. The van der Waals surface area contributed by atoms with E-state index >= 15 is 0 Å². The predicted molar refractivity (Wildman–Crippen MR) is 67.7 cm³/mol. The third kappa shape index (κ3) is 4.26. The average Bonchev–Trinajstić information content (AvgIpc) is 2.78. The second kappa shape index (κ2) is 6.33. The quantitative estimate of drug-likeness (QED) is 0.658. The minimum absolute atomic E-state index is 0.300. The van der Waals surface area contributed by atoms with Gasteiger partial charge in [0.1, 0.15) is 0 Å². The fourth-order valence-electron chi connectivity index (χ4n) is 2.01. The first-order valence-corrected chi connectivity index (χ1v) is 6.27. The largest absolute Gasteiger partial charge is 0.377 e. The van der Waals surface area contributed by atoms with Gasteiger partial charge >= 0.3 is 0 Å². The van der Waals surface area contributed by atoms with Crippen LogP contribution in [-0.2, 0) is 9.53 Å². The molecule has 2 unspecified atom stereocenters. The van der Waals surface area contributed by atoms with Crippen molar-refractivity contribution in [3.8, 4) is 0 Å². The normalized spacial score (nSPS) is 23.9. The van der Waals surface area contributed by atoms with Gasteiger partial charge in [0, 0.05) is 19.7 Å². The summed E-state index contributed by atoms with van der Waals surface area (Å²) in [4.78, 5) is 13.5. The summed E-state index contributed by atoms with van der Waals surface area (Å²) in [6, 6.07) is 0. The van der Waals surface area contributed by atoms with Gasteiger partial charge in [-0.1, -0.05) is 0 Å². The number of nitrogens with two attached hydrogens (primary N) is 1. The number of primary amides is 1. The number of likely N-dealkylation sites (N-methyl/N-ethyl adjacent to an activating group) is 2. The molecule has 1 saturated heterocycles. The Labute approximate surface area is 104 Å². The van der Waals surface area contributed by atoms with Crippen molar-refractivity contribution in [2.75, 3.05) is 33.8 Å². The molecule has 0 bridgehead atoms. The zero-order valence-electron chi connectivity index (χ0n) is 11.2. The molecule has 1 rings (SSSR count). The fourth-order valence-corrected chi connectivity index (χ4v) is 2.01. The van der Waals surface area contributed by atoms with Gasteiger partial charge in [0.15, 0.2) is 0 Å². The molecule has 17 heavy (non-hydrogen) atoms. The number of nitrogens with zero attached hydrogens (tertiary/aromatic N) is 1. The van der Waals surface area contributed by atoms with E-state index in [-0.39, 0.29) is 5.91 Å². The van der Waals surface area contributed by atoms with Crippen LogP contribution in [0.5, 0.6) is 0 Å². The van der Waals surface area contributed by atoms with Gasteiger partial charge in [-0.3, -0.25) is 4.79 Å². The first-order valence-electron chi connectivity index (χ1n) is 6.27. The van der Waals surface area contributed by atoms with Crippen LogP contribution in [0.25, 0.3) is 0 Å². The van der Waals surface area contributed by atoms with E-state index in [2.05, 4.69) is 17.3 Å². The molecular weight excluding hydrogens is 218 g/mol. The Bertz CT molecular complexity index is 254. The highest BCUT2D eigenvalue weighted by atomic mass is 16.5. The lowest BCUT2D eigenvalue weighted by molar-refractivity contribution is -0.124. The molecule has 5 nitrogen and oxygen atoms in total. The van der Waals surface area contributed by atoms with E-state index < -0.39 is 5.54 Å². The predicted octanol–water partition coefficient (Wildman–Crippen LogP) is -0.0493. The topological polar surface area (TPSA) is 67.6 Å². The van der Waals surface area contributed by atoms with Crippen molar-refractivity contribution in [1.82, 2.24) is 10.2 Å². The van der Waals surface area contributed by atoms with Crippen molar-refractivity contribution >= 4 is 5.91 Å². The first-order chi connectivity index (χ1) is 7.98. The van der Waals surface area contributed by atoms with Gasteiger partial charge in [-0.2, -0.15) is 0 Å². The molecule has 3 N–H and O–H groups in total. The third-order valence-corrected chi connectivity index (χ3v) is 3.63. The molecule has 1 aliphatic rings. The number of carbonyl (C=O) groups excluding carboxylic acids is 1. The van der Waals surface area contributed by atoms with Crippen molar-refractivity contribution in [2.24, 2.45) is 5.73 Å². The monoisotopic (exact) mass is 243 g/mol. The van der Waals surface area contributed by atoms with Gasteiger partial charge in [-0.25, -0.2) is 0 Å². The van der Waals surface area contributed by atoms with Crippen LogP contribution in [0.1, 0.15) is 26.2 Å². The summed E-state index contributed by atoms with van der Waals surface area (Å²) in [6.45, 7) is 4.49. The number of nitrogens with one attached hydrogen (secondary N) is 1. The lowest BCUT2D eigenvalue weighted by Gasteiger charge is -2.28. The van der Waals surface area contributed by atoms with Crippen LogP contribution < -0.4 is 11.1 Å². The highest BCUT2D eigenvalue weighted by molar-refractivity contribution is 5.84. The maximum Gasteiger partial charge on any atom is 0.237 e. The summed E-state index contributed by atoms with van der Waals surface area (Å²) < 4.78 is 5.58. The molecule has 100 valence electrons. The van der Waals surface area contributed by atoms with Gasteiger partial charge in [-0.15, -0.1) is 0 Å². The van der Waals surface area contributed by atoms with Gasteiger partial charge in [0.25, 0.3) is 0 Å². The molecule has 1 aliphatic heterocycles. The van der Waals surface area contributed by atoms with Crippen LogP contribution in [0.15, 0.2) is 0 Å². The van der Waals surface area contributed by atoms with Gasteiger partial charge < -0.3 is 20.7 Å². The highest BCUT2D eigenvalue weighted by Crippen LogP contribution is 2.14. The Kier molecular flexibility index (Phi) is 5.36. The summed E-state index contributed by atoms with van der Waals surface area (Å²) >= 11 is 0. The molecular formula is C12H25N3O2. The molecule has 0 aliphatic carbocycles. The molecule has 0 saturated carbocycles. The second-order valence-electron chi connectivity index (χ2n) is 5.09. The van der Waals surface area contributed by atoms with E-state index in [1.165, 1.54) is 0 Å². The molecule has 1 fully saturated rings. The zero-order valence-corrected chi connectivity index (χ0v) is 11.2. The van der Waals surface area contributed by atoms with Gasteiger partial charge in [-0.05, 0) is 40.3 Å². The molecule has 1 heterocycles. The van der Waals surface area contributed by atoms with Crippen LogP contribution >= 0.6 is 0 Å². The minimum atomic E-state index is -0.620. The summed E-state index contributed by atoms with van der Waals surface area (Å²) in [5.41, 5.74) is 4.77. The van der Waals surface area contributed by atoms with Crippen LogP contribution in [0.4, 0.5) is 0 Å². The van der Waals surface area contributed by atoms with E-state index in [0.717, 1.165) is 32.5 Å². The van der Waals surface area contributed by atoms with Crippen LogP contribution in [0.3, 0.4) is 0 Å². The maximum atomic E-state index is 11.3. The second-order valence-corrected chi connectivity index (χ2v) is 5.09. The van der Waals surface area contributed by atoms with Crippen molar-refractivity contribution in [3.05, 3.63) is 0 Å². The van der Waals surface area contributed by atoms with E-state index in [0.29, 0.717) is 12.5 Å². The molecule has 0 aromatic heterocycles. The van der Waals surface area contributed by atoms with Crippen LogP contribution in [0.2, 0.25) is 0 Å². The minimum Gasteiger partial charge on any atom is -0.377 e. The summed E-state index contributed by atoms with van der Waals surface area (Å²) in [5.74, 6) is -0.300. The van der Waals surface area contributed by atoms with Crippen LogP contribution in [-0.4, -0.2) is 56.2 Å². The van der Waals surface area contributed by atoms with Gasteiger partial charge in [0.2, 0.25) is 5.91 Å². The number of amides is 1. The van der Waals surface area contributed by atoms with E-state index in [1.54, 1.807) is 7.05 Å². The summed E-state index contributed by atoms with van der Waals surface area (Å²) in [6.07, 6.45) is 3.37. The zero-order chi connectivity index (χ0) is 12.9. The number of hydrogen-bond donors (Lipinski definition) is 2. The first kappa shape index (κ1) is 14.4. The molecule has 2 atom stereocenters. The van der Waals surface area contributed by atoms with E-state index in [9.17, 15) is 4.79 Å². The average molecular weight is 243 g/mol. The Morgan fingerprint density at radius 1 is 1.65 bits per heavy atom. The van der Waals surface area contributed by atoms with E-state index in [1.807, 2.05) is 6.92 Å². The lowest BCUT2D eigenvalue weighted by atomic mass is 9.97. The molecule has 0 spiro atoms. The molecule has 5 heteroatoms. The van der Waals surface area contributed by atoms with Crippen LogP contribution in [0, 0.1) is 0 Å². The number of hydrogen-bond acceptors (Lipinski definition) is 4. The highest BCUT2D eigenvalue weighted by Gasteiger charge is 2.29. The summed E-state index contributed by atoms with van der Waals surface area (Å²) in [5, 5.41) is 2.99. The van der Waals surface area contributed by atoms with E-state index in [4.69, 9.17) is 10.5 Å². The van der Waals surface area contributed by atoms with Gasteiger partial charge in [0.05, 0.1) is 11.6 Å². The Morgan fingerprint density at radius 2 is 2.35 bits per heavy atom. The molecule has 1 amide bonds. The van der Waals surface area contributed by atoms with Crippen molar-refractivity contribution in [2.45, 2.75) is 37.8 Å². The third-order valence-electron chi connectivity index (χ3n) is 3.63. The molecule has 0 radical (unpaired) electrons. The Morgan fingerprint density at radius 3 is 2.82 bits per heavy atom. The maximum absolute atomic E-state index is 11.3. The number of rotatable bonds is 7.